The maximum absolute atomic E-state index is 2.72. The lowest BCUT2D eigenvalue weighted by Gasteiger charge is -2.48. The predicted octanol–water partition coefficient (Wildman–Crippen LogP) is 34.0. The third-order valence-electron chi connectivity index (χ3n) is 34.0. The van der Waals surface area contributed by atoms with Gasteiger partial charge in [0.15, 0.2) is 0 Å². The highest BCUT2D eigenvalue weighted by Gasteiger charge is 2.52. The third-order valence-corrected chi connectivity index (χ3v) is 34.0. The van der Waals surface area contributed by atoms with Crippen LogP contribution in [0.4, 0.5) is 68.2 Å². The molecule has 0 spiro atoms. The predicted molar refractivity (Wildman–Crippen MR) is 619 cm³/mol. The maximum Gasteiger partial charge on any atom is 0.252 e. The standard InChI is InChI=1S/C137H142B2N4/c1-86-73-122-126-124(75-86)142(116-67-59-102(131(12,13)14)79-106(116)94-33-29-27-30-34-94)120-83-110-108(134(19,20)71-72-135(110,21)22)81-114(120)138(126)112-77-96(92-39-53-99(54-40-92)129(6,7)8)49-65-118(112)140(122)105-63-47-91(48-64-105)89-43-57-101(58-44-89)132(15,16)69-70-133(17,18)103-60-68-117(107(80-103)95-35-31-28-32-36-95)143-121-84-111-109(136(23,24)85-137(111,25)26)82-115(121)139-113-78-97(93-41-55-100(56-42-93)130(9,10)11)50-66-119(113)141(123-74-87(2)76-125(143)127(123)139)104-61-45-90(46-62-104)88-37-51-98(52-38-88)128(3,4)5/h27-68,73-84H,69-72,85H2,1-26H3. The largest absolute Gasteiger partial charge is 0.311 e. The lowest BCUT2D eigenvalue weighted by molar-refractivity contribution is 0.332. The molecule has 0 unspecified atom stereocenters. The van der Waals surface area contributed by atoms with E-state index in [1.807, 2.05) is 0 Å². The lowest BCUT2D eigenvalue weighted by atomic mass is 9.33. The van der Waals surface area contributed by atoms with Gasteiger partial charge in [0.25, 0.3) is 13.4 Å². The van der Waals surface area contributed by atoms with Gasteiger partial charge in [0.05, 0.1) is 11.4 Å². The van der Waals surface area contributed by atoms with E-state index in [0.29, 0.717) is 0 Å². The van der Waals surface area contributed by atoms with Gasteiger partial charge in [-0.2, -0.15) is 0 Å². The number of anilines is 12. The van der Waals surface area contributed by atoms with Gasteiger partial charge in [-0.3, -0.25) is 0 Å². The Kier molecular flexibility index (Phi) is 22.4. The van der Waals surface area contributed by atoms with Crippen molar-refractivity contribution in [2.45, 2.75) is 266 Å². The molecule has 4 nitrogen and oxygen atoms in total. The minimum atomic E-state index is -0.207. The summed E-state index contributed by atoms with van der Waals surface area (Å²) in [6.07, 6.45) is 5.30. The fraction of sp³-hybridized carbons (Fsp3) is 0.299. The van der Waals surface area contributed by atoms with Gasteiger partial charge in [0.2, 0.25) is 0 Å². The van der Waals surface area contributed by atoms with Gasteiger partial charge in [0, 0.05) is 68.0 Å². The highest BCUT2D eigenvalue weighted by atomic mass is 15.2. The number of nitrogens with zero attached hydrogens (tertiary/aromatic N) is 4. The number of rotatable bonds is 15. The zero-order chi connectivity index (χ0) is 100. The zero-order valence-electron chi connectivity index (χ0n) is 89.7. The number of aryl methyl sites for hydroxylation is 2. The molecule has 143 heavy (non-hydrogen) atoms. The molecule has 0 radical (unpaired) electrons. The average Bonchev–Trinajstić information content (AvgIpc) is 1.60. The van der Waals surface area contributed by atoms with E-state index in [1.54, 1.807) is 0 Å². The molecule has 0 fully saturated rings. The molecule has 2 aliphatic carbocycles. The van der Waals surface area contributed by atoms with E-state index in [2.05, 4.69) is 527 Å². The van der Waals surface area contributed by atoms with Crippen molar-refractivity contribution >= 4 is 114 Å². The van der Waals surface area contributed by atoms with Gasteiger partial charge in [0.1, 0.15) is 0 Å². The van der Waals surface area contributed by atoms with Crippen LogP contribution in [0.15, 0.2) is 328 Å². The summed E-state index contributed by atoms with van der Waals surface area (Å²) >= 11 is 0. The van der Waals surface area contributed by atoms with Crippen molar-refractivity contribution in [3.05, 3.63) is 394 Å². The summed E-state index contributed by atoms with van der Waals surface area (Å²) in [6, 6.07) is 129. The molecule has 716 valence electrons. The number of hydrogen-bond donors (Lipinski definition) is 0. The number of hydrogen-bond acceptors (Lipinski definition) is 4. The molecule has 4 heterocycles. The molecule has 0 atom stereocenters. The summed E-state index contributed by atoms with van der Waals surface area (Å²) < 4.78 is 0. The fourth-order valence-corrected chi connectivity index (χ4v) is 25.4. The molecule has 6 aliphatic rings. The van der Waals surface area contributed by atoms with Crippen LogP contribution in [0.2, 0.25) is 0 Å². The Labute approximate surface area is 855 Å². The summed E-state index contributed by atoms with van der Waals surface area (Å²) in [6.45, 7) is 62.1. The van der Waals surface area contributed by atoms with Crippen molar-refractivity contribution in [1.29, 1.82) is 0 Å². The van der Waals surface area contributed by atoms with Crippen LogP contribution in [0.1, 0.15) is 265 Å². The minimum absolute atomic E-state index is 0.0206. The Balaban J connectivity index is 0.613. The molecule has 0 aromatic heterocycles. The summed E-state index contributed by atoms with van der Waals surface area (Å²) in [5.41, 5.74) is 53.1. The Morgan fingerprint density at radius 3 is 0.860 bits per heavy atom. The molecule has 0 bridgehead atoms. The molecule has 6 heteroatoms. The van der Waals surface area contributed by atoms with Crippen LogP contribution >= 0.6 is 0 Å². The van der Waals surface area contributed by atoms with Crippen molar-refractivity contribution < 1.29 is 0 Å². The van der Waals surface area contributed by atoms with Crippen molar-refractivity contribution in [3.63, 3.8) is 0 Å². The zero-order valence-corrected chi connectivity index (χ0v) is 89.7. The summed E-state index contributed by atoms with van der Waals surface area (Å²) in [7, 11) is 0. The van der Waals surface area contributed by atoms with E-state index in [1.165, 1.54) is 223 Å². The molecule has 16 aromatic carbocycles. The third kappa shape index (κ3) is 16.5. The van der Waals surface area contributed by atoms with Crippen molar-refractivity contribution in [2.24, 2.45) is 0 Å². The SMILES string of the molecule is Cc1cc2c3c(c1)N(c1ccc(C(C)(C)C)cc1-c1ccccc1)c1cc4c(cc1B3c1cc(-c3ccc(C(C)(C)C)cc3)ccc1N2c1ccc(-c2ccc(C(C)(C)CCC(C)(C)c3ccc(N5c6cc7c(cc6B6c8cc(-c9ccc(C(C)(C)C)cc9)ccc8N(c8ccc(-c9ccc(C(C)(C)C)cc9)cc8)c8cc(C)cc5c86)C(C)(C)CC7(C)C)c(-c5ccccc5)c3)cc2)cc1)C(C)(C)CCC4(C)C. The molecule has 0 N–H and O–H groups in total. The second kappa shape index (κ2) is 33.7. The highest BCUT2D eigenvalue weighted by molar-refractivity contribution is 7.01. The number of fused-ring (bicyclic) bond motifs is 10. The van der Waals surface area contributed by atoms with Crippen molar-refractivity contribution in [3.8, 4) is 66.8 Å². The van der Waals surface area contributed by atoms with Gasteiger partial charge in [-0.05, 0) is 352 Å². The Bertz CT molecular complexity index is 7730. The van der Waals surface area contributed by atoms with E-state index in [-0.39, 0.29) is 67.6 Å². The Hall–Kier alpha value is -13.2. The van der Waals surface area contributed by atoms with Gasteiger partial charge in [-0.1, -0.05) is 397 Å². The summed E-state index contributed by atoms with van der Waals surface area (Å²) in [4.78, 5) is 10.6. The van der Waals surface area contributed by atoms with Crippen LogP contribution in [-0.2, 0) is 54.1 Å². The molecule has 16 aromatic rings. The van der Waals surface area contributed by atoms with E-state index in [0.717, 1.165) is 43.5 Å². The first-order valence-corrected chi connectivity index (χ1v) is 52.9. The average molecular weight is 1870 g/mol. The molecule has 0 saturated heterocycles. The first-order valence-electron chi connectivity index (χ1n) is 52.9. The second-order valence-corrected chi connectivity index (χ2v) is 51.2. The van der Waals surface area contributed by atoms with Crippen LogP contribution < -0.4 is 52.4 Å². The molecular formula is C137H142B2N4. The van der Waals surface area contributed by atoms with Gasteiger partial charge < -0.3 is 19.6 Å². The lowest BCUT2D eigenvalue weighted by Crippen LogP contribution is -2.62. The van der Waals surface area contributed by atoms with Crippen LogP contribution in [0.3, 0.4) is 0 Å². The van der Waals surface area contributed by atoms with Crippen LogP contribution in [0.25, 0.3) is 66.8 Å². The Morgan fingerprint density at radius 2 is 0.497 bits per heavy atom. The smallest absolute Gasteiger partial charge is 0.252 e. The fourth-order valence-electron chi connectivity index (χ4n) is 25.4. The summed E-state index contributed by atoms with van der Waals surface area (Å²) in [5.74, 6) is 0. The van der Waals surface area contributed by atoms with Crippen molar-refractivity contribution in [1.82, 2.24) is 0 Å². The molecule has 22 rings (SSSR count). The molecule has 4 aliphatic heterocycles. The van der Waals surface area contributed by atoms with Gasteiger partial charge >= 0.3 is 0 Å². The molecule has 0 saturated carbocycles. The van der Waals surface area contributed by atoms with E-state index < -0.39 is 0 Å². The van der Waals surface area contributed by atoms with Gasteiger partial charge in [-0.15, -0.1) is 0 Å². The van der Waals surface area contributed by atoms with Crippen LogP contribution in [0, 0.1) is 13.8 Å². The molecular weight excluding hydrogens is 1720 g/mol. The highest BCUT2D eigenvalue weighted by Crippen LogP contribution is 2.58. The first-order chi connectivity index (χ1) is 67.7. The van der Waals surface area contributed by atoms with Gasteiger partial charge in [-0.25, -0.2) is 0 Å². The normalized spacial score (nSPS) is 15.7. The first kappa shape index (κ1) is 94.7. The topological polar surface area (TPSA) is 13.0 Å². The van der Waals surface area contributed by atoms with E-state index in [4.69, 9.17) is 0 Å². The maximum atomic E-state index is 2.72. The molecule has 0 amide bonds. The Morgan fingerprint density at radius 1 is 0.224 bits per heavy atom. The monoisotopic (exact) mass is 1870 g/mol. The van der Waals surface area contributed by atoms with Crippen molar-refractivity contribution in [2.75, 3.05) is 19.6 Å². The quantitative estimate of drug-likeness (QED) is 0.0949. The minimum Gasteiger partial charge on any atom is -0.311 e. The van der Waals surface area contributed by atoms with E-state index >= 15 is 0 Å². The van der Waals surface area contributed by atoms with Crippen LogP contribution in [0.5, 0.6) is 0 Å². The van der Waals surface area contributed by atoms with E-state index in [9.17, 15) is 0 Å². The van der Waals surface area contributed by atoms with Crippen LogP contribution in [-0.4, -0.2) is 13.4 Å². The second-order valence-electron chi connectivity index (χ2n) is 51.2. The number of benzene rings is 16. The summed E-state index contributed by atoms with van der Waals surface area (Å²) in [5, 5.41) is 0.